The van der Waals surface area contributed by atoms with Gasteiger partial charge in [0.25, 0.3) is 5.91 Å². The third-order valence-electron chi connectivity index (χ3n) is 6.00. The van der Waals surface area contributed by atoms with Crippen molar-refractivity contribution in [3.63, 3.8) is 0 Å². The first-order valence-corrected chi connectivity index (χ1v) is 11.0. The van der Waals surface area contributed by atoms with Gasteiger partial charge in [0.1, 0.15) is 17.8 Å². The Kier molecular flexibility index (Phi) is 5.87. The van der Waals surface area contributed by atoms with Crippen molar-refractivity contribution in [3.8, 4) is 28.9 Å². The molecule has 0 aliphatic carbocycles. The van der Waals surface area contributed by atoms with Gasteiger partial charge < -0.3 is 29.2 Å². The van der Waals surface area contributed by atoms with Crippen LogP contribution in [0.5, 0.6) is 28.9 Å². The number of likely N-dealkylation sites (tertiary alicyclic amines) is 1. The number of ether oxygens (including phenoxy) is 4. The van der Waals surface area contributed by atoms with Crippen molar-refractivity contribution in [3.05, 3.63) is 36.7 Å². The number of methoxy groups -OCH3 is 1. The molecule has 172 valence electrons. The van der Waals surface area contributed by atoms with E-state index in [-0.39, 0.29) is 12.5 Å². The van der Waals surface area contributed by atoms with Gasteiger partial charge in [-0.2, -0.15) is 0 Å². The second-order valence-electron chi connectivity index (χ2n) is 8.35. The lowest BCUT2D eigenvalue weighted by molar-refractivity contribution is -0.118. The van der Waals surface area contributed by atoms with Crippen LogP contribution in [0.25, 0.3) is 10.9 Å². The lowest BCUT2D eigenvalue weighted by atomic mass is 9.98. The summed E-state index contributed by atoms with van der Waals surface area (Å²) in [6, 6.07) is 8.91. The highest BCUT2D eigenvalue weighted by molar-refractivity contribution is 5.95. The molecule has 5 rings (SSSR count). The normalized spacial score (nSPS) is 16.6. The Bertz CT molecular complexity index is 1180. The first-order chi connectivity index (χ1) is 16.1. The molecule has 0 saturated carbocycles. The predicted molar refractivity (Wildman–Crippen MR) is 122 cm³/mol. The molecule has 1 saturated heterocycles. The third kappa shape index (κ3) is 4.63. The summed E-state index contributed by atoms with van der Waals surface area (Å²) in [5, 5.41) is 3.47. The molecule has 2 aromatic carbocycles. The number of rotatable bonds is 6. The average molecular weight is 450 g/mol. The Hall–Kier alpha value is -3.59. The number of fused-ring (bicyclic) bond motifs is 2. The van der Waals surface area contributed by atoms with E-state index in [2.05, 4.69) is 27.2 Å². The maximum Gasteiger partial charge on any atom is 0.262 e. The minimum absolute atomic E-state index is 0.00570. The molecule has 0 spiro atoms. The van der Waals surface area contributed by atoms with Crippen molar-refractivity contribution >= 4 is 22.5 Å². The van der Waals surface area contributed by atoms with Gasteiger partial charge >= 0.3 is 0 Å². The third-order valence-corrected chi connectivity index (χ3v) is 6.00. The largest absolute Gasteiger partial charge is 0.493 e. The van der Waals surface area contributed by atoms with Gasteiger partial charge in [0.05, 0.1) is 30.3 Å². The Labute approximate surface area is 191 Å². The van der Waals surface area contributed by atoms with Crippen LogP contribution in [0.3, 0.4) is 0 Å². The van der Waals surface area contributed by atoms with Gasteiger partial charge in [-0.25, -0.2) is 9.97 Å². The molecule has 3 aromatic rings. The summed E-state index contributed by atoms with van der Waals surface area (Å²) in [7, 11) is 3.76. The molecule has 1 aromatic heterocycles. The Balaban J connectivity index is 1.38. The van der Waals surface area contributed by atoms with E-state index in [1.54, 1.807) is 25.3 Å². The SMILES string of the molecule is COc1cc2c(Oc3ccc4c(c3)NC(=O)CO4)ncnc2cc1OCC1CCN(C)CC1. The van der Waals surface area contributed by atoms with Crippen molar-refractivity contribution in [2.45, 2.75) is 12.8 Å². The molecule has 33 heavy (non-hydrogen) atoms. The number of nitrogens with one attached hydrogen (secondary N) is 1. The van der Waals surface area contributed by atoms with Gasteiger partial charge in [0.2, 0.25) is 5.88 Å². The van der Waals surface area contributed by atoms with Crippen molar-refractivity contribution < 1.29 is 23.7 Å². The molecule has 1 amide bonds. The van der Waals surface area contributed by atoms with Crippen LogP contribution in [0, 0.1) is 5.92 Å². The topological polar surface area (TPSA) is 95.0 Å². The molecule has 1 N–H and O–H groups in total. The van der Waals surface area contributed by atoms with Crippen molar-refractivity contribution in [2.24, 2.45) is 5.92 Å². The number of hydrogen-bond donors (Lipinski definition) is 1. The predicted octanol–water partition coefficient (Wildman–Crippen LogP) is 3.48. The zero-order valence-electron chi connectivity index (χ0n) is 18.7. The molecule has 0 radical (unpaired) electrons. The second kappa shape index (κ2) is 9.11. The van der Waals surface area contributed by atoms with E-state index < -0.39 is 0 Å². The molecule has 2 aliphatic rings. The lowest BCUT2D eigenvalue weighted by Crippen LogP contribution is -2.32. The highest BCUT2D eigenvalue weighted by Gasteiger charge is 2.20. The molecule has 1 fully saturated rings. The number of nitrogens with zero attached hydrogens (tertiary/aromatic N) is 3. The van der Waals surface area contributed by atoms with E-state index >= 15 is 0 Å². The highest BCUT2D eigenvalue weighted by atomic mass is 16.5. The maximum absolute atomic E-state index is 11.6. The van der Waals surface area contributed by atoms with Gasteiger partial charge in [0, 0.05) is 12.1 Å². The van der Waals surface area contributed by atoms with Gasteiger partial charge in [-0.1, -0.05) is 0 Å². The summed E-state index contributed by atoms with van der Waals surface area (Å²) < 4.78 is 23.2. The van der Waals surface area contributed by atoms with Gasteiger partial charge in [-0.3, -0.25) is 4.79 Å². The molecule has 0 bridgehead atoms. The number of carbonyl (C=O) groups excluding carboxylic acids is 1. The lowest BCUT2D eigenvalue weighted by Gasteiger charge is -2.28. The molecular weight excluding hydrogens is 424 g/mol. The number of carbonyl (C=O) groups is 1. The van der Waals surface area contributed by atoms with Crippen LogP contribution in [0.15, 0.2) is 36.7 Å². The quantitative estimate of drug-likeness (QED) is 0.610. The van der Waals surface area contributed by atoms with Crippen LogP contribution in [0.2, 0.25) is 0 Å². The minimum Gasteiger partial charge on any atom is -0.493 e. The highest BCUT2D eigenvalue weighted by Crippen LogP contribution is 2.38. The molecule has 2 aliphatic heterocycles. The van der Waals surface area contributed by atoms with E-state index in [0.717, 1.165) is 25.9 Å². The standard InChI is InChI=1S/C24H26N4O5/c1-28-7-5-15(6-8-28)12-31-22-11-18-17(10-21(22)30-2)24(26-14-25-18)33-16-3-4-20-19(9-16)27-23(29)13-32-20/h3-4,9-11,14-15H,5-8,12-13H2,1-2H3,(H,27,29). The summed E-state index contributed by atoms with van der Waals surface area (Å²) in [5.41, 5.74) is 1.25. The number of benzene rings is 2. The van der Waals surface area contributed by atoms with Crippen LogP contribution in [0.4, 0.5) is 5.69 Å². The smallest absolute Gasteiger partial charge is 0.262 e. The second-order valence-corrected chi connectivity index (χ2v) is 8.35. The van der Waals surface area contributed by atoms with Gasteiger partial charge in [0.15, 0.2) is 18.1 Å². The summed E-state index contributed by atoms with van der Waals surface area (Å²) in [6.45, 7) is 2.84. The van der Waals surface area contributed by atoms with Crippen LogP contribution in [-0.4, -0.2) is 61.2 Å². The van der Waals surface area contributed by atoms with Gasteiger partial charge in [-0.05, 0) is 57.1 Å². The van der Waals surface area contributed by atoms with Crippen LogP contribution in [0.1, 0.15) is 12.8 Å². The molecule has 9 heteroatoms. The van der Waals surface area contributed by atoms with Gasteiger partial charge in [-0.15, -0.1) is 0 Å². The Morgan fingerprint density at radius 2 is 2.00 bits per heavy atom. The zero-order valence-corrected chi connectivity index (χ0v) is 18.7. The van der Waals surface area contributed by atoms with E-state index in [1.807, 2.05) is 12.1 Å². The van der Waals surface area contributed by atoms with Crippen LogP contribution in [-0.2, 0) is 4.79 Å². The summed E-state index contributed by atoms with van der Waals surface area (Å²) >= 11 is 0. The van der Waals surface area contributed by atoms with E-state index in [4.69, 9.17) is 18.9 Å². The number of anilines is 1. The molecule has 0 atom stereocenters. The zero-order chi connectivity index (χ0) is 22.8. The van der Waals surface area contributed by atoms with Crippen molar-refractivity contribution in [2.75, 3.05) is 45.8 Å². The molecule has 0 unspecified atom stereocenters. The summed E-state index contributed by atoms with van der Waals surface area (Å²) in [4.78, 5) is 22.7. The summed E-state index contributed by atoms with van der Waals surface area (Å²) in [5.74, 6) is 3.07. The minimum atomic E-state index is -0.204. The fourth-order valence-corrected chi connectivity index (χ4v) is 4.07. The van der Waals surface area contributed by atoms with Crippen molar-refractivity contribution in [1.82, 2.24) is 14.9 Å². The molecule has 9 nitrogen and oxygen atoms in total. The number of hydrogen-bond acceptors (Lipinski definition) is 8. The monoisotopic (exact) mass is 450 g/mol. The van der Waals surface area contributed by atoms with Crippen LogP contribution >= 0.6 is 0 Å². The Morgan fingerprint density at radius 3 is 2.82 bits per heavy atom. The number of aromatic nitrogens is 2. The molecular formula is C24H26N4O5. The number of piperidine rings is 1. The van der Waals surface area contributed by atoms with Crippen molar-refractivity contribution in [1.29, 1.82) is 0 Å². The fourth-order valence-electron chi connectivity index (χ4n) is 4.07. The van der Waals surface area contributed by atoms with E-state index in [9.17, 15) is 4.79 Å². The maximum atomic E-state index is 11.6. The van der Waals surface area contributed by atoms with E-state index in [1.165, 1.54) is 6.33 Å². The number of amides is 1. The summed E-state index contributed by atoms with van der Waals surface area (Å²) in [6.07, 6.45) is 3.70. The molecule has 3 heterocycles. The van der Waals surface area contributed by atoms with E-state index in [0.29, 0.717) is 58.0 Å². The fraction of sp³-hybridized carbons (Fsp3) is 0.375. The Morgan fingerprint density at radius 1 is 1.15 bits per heavy atom. The first-order valence-electron chi connectivity index (χ1n) is 11.0. The van der Waals surface area contributed by atoms with Crippen LogP contribution < -0.4 is 24.3 Å². The average Bonchev–Trinajstić information content (AvgIpc) is 2.83. The first kappa shape index (κ1) is 21.3.